The molecule has 1 unspecified atom stereocenters. The number of nitrogens with two attached hydrogens (primary N) is 1. The van der Waals surface area contributed by atoms with Crippen LogP contribution in [0.3, 0.4) is 0 Å². The highest BCUT2D eigenvalue weighted by molar-refractivity contribution is 5.82. The van der Waals surface area contributed by atoms with Crippen molar-refractivity contribution in [1.29, 1.82) is 0 Å². The van der Waals surface area contributed by atoms with Crippen molar-refractivity contribution in [2.45, 2.75) is 18.6 Å². The highest BCUT2D eigenvalue weighted by Gasteiger charge is 2.24. The van der Waals surface area contributed by atoms with Gasteiger partial charge >= 0.3 is 11.9 Å². The fourth-order valence-electron chi connectivity index (χ4n) is 2.06. The van der Waals surface area contributed by atoms with Crippen LogP contribution in [0.15, 0.2) is 60.7 Å². The number of hydrogen-bond acceptors (Lipinski definition) is 4. The minimum absolute atomic E-state index is 0.463. The third-order valence-electron chi connectivity index (χ3n) is 3.14. The average Bonchev–Trinajstić information content (AvgIpc) is 2.53. The molecule has 3 N–H and O–H groups in total. The second kappa shape index (κ2) is 7.38. The van der Waals surface area contributed by atoms with Crippen LogP contribution >= 0.6 is 0 Å². The Morgan fingerprint density at radius 1 is 0.955 bits per heavy atom. The molecule has 0 aromatic heterocycles. The van der Waals surface area contributed by atoms with Gasteiger partial charge in [-0.1, -0.05) is 60.7 Å². The normalized spacial score (nSPS) is 11.9. The molecule has 0 radical (unpaired) electrons. The Labute approximate surface area is 128 Å². The summed E-state index contributed by atoms with van der Waals surface area (Å²) in [5.74, 6) is -1.87. The highest BCUT2D eigenvalue weighted by atomic mass is 16.5. The molecule has 2 aromatic carbocycles. The maximum absolute atomic E-state index is 12.0. The molecule has 0 fully saturated rings. The van der Waals surface area contributed by atoms with Crippen LogP contribution < -0.4 is 5.73 Å². The molecule has 114 valence electrons. The maximum Gasteiger partial charge on any atom is 0.324 e. The van der Waals surface area contributed by atoms with Crippen molar-refractivity contribution in [3.63, 3.8) is 0 Å². The summed E-state index contributed by atoms with van der Waals surface area (Å²) >= 11 is 0. The van der Waals surface area contributed by atoms with E-state index in [1.54, 1.807) is 0 Å². The van der Waals surface area contributed by atoms with Crippen LogP contribution in [0.2, 0.25) is 0 Å². The van der Waals surface area contributed by atoms with Crippen LogP contribution in [0, 0.1) is 0 Å². The average molecular weight is 299 g/mol. The molecular weight excluding hydrogens is 282 g/mol. The second-order valence-corrected chi connectivity index (χ2v) is 4.84. The van der Waals surface area contributed by atoms with Crippen molar-refractivity contribution in [3.8, 4) is 0 Å². The Morgan fingerprint density at radius 3 is 1.82 bits per heavy atom. The molecule has 0 aliphatic heterocycles. The van der Waals surface area contributed by atoms with E-state index in [2.05, 4.69) is 0 Å². The Morgan fingerprint density at radius 2 is 1.41 bits per heavy atom. The molecule has 1 atom stereocenters. The standard InChI is InChI=1S/C17H17NO4/c18-14(11-15(19)20)17(21)22-16(12-7-3-1-4-8-12)13-9-5-2-6-10-13/h1-10,14,16H,11,18H2,(H,19,20). The van der Waals surface area contributed by atoms with Gasteiger partial charge in [0.2, 0.25) is 0 Å². The zero-order chi connectivity index (χ0) is 15.9. The van der Waals surface area contributed by atoms with Crippen LogP contribution in [0.25, 0.3) is 0 Å². The van der Waals surface area contributed by atoms with Crippen LogP contribution in [0.4, 0.5) is 0 Å². The van der Waals surface area contributed by atoms with E-state index in [1.807, 2.05) is 60.7 Å². The smallest absolute Gasteiger partial charge is 0.324 e. The molecule has 2 rings (SSSR count). The lowest BCUT2D eigenvalue weighted by atomic mass is 10.0. The minimum atomic E-state index is -1.19. The van der Waals surface area contributed by atoms with E-state index in [-0.39, 0.29) is 0 Å². The van der Waals surface area contributed by atoms with Crippen LogP contribution in [0.5, 0.6) is 0 Å². The molecule has 5 nitrogen and oxygen atoms in total. The predicted molar refractivity (Wildman–Crippen MR) is 81.0 cm³/mol. The van der Waals surface area contributed by atoms with Crippen LogP contribution in [-0.2, 0) is 14.3 Å². The minimum Gasteiger partial charge on any atom is -0.481 e. The number of aliphatic carboxylic acids is 1. The fourth-order valence-corrected chi connectivity index (χ4v) is 2.06. The first-order valence-electron chi connectivity index (χ1n) is 6.85. The lowest BCUT2D eigenvalue weighted by molar-refractivity contribution is -0.152. The van der Waals surface area contributed by atoms with Crippen molar-refractivity contribution in [3.05, 3.63) is 71.8 Å². The van der Waals surface area contributed by atoms with Gasteiger partial charge in [-0.3, -0.25) is 9.59 Å². The number of carbonyl (C=O) groups is 2. The molecule has 0 aliphatic carbocycles. The Bertz CT molecular complexity index is 588. The number of benzene rings is 2. The first kappa shape index (κ1) is 15.7. The summed E-state index contributed by atoms with van der Waals surface area (Å²) in [6, 6.07) is 17.3. The summed E-state index contributed by atoms with van der Waals surface area (Å²) in [5, 5.41) is 8.71. The zero-order valence-electron chi connectivity index (χ0n) is 11.9. The van der Waals surface area contributed by atoms with E-state index in [4.69, 9.17) is 15.6 Å². The van der Waals surface area contributed by atoms with Crippen molar-refractivity contribution >= 4 is 11.9 Å². The van der Waals surface area contributed by atoms with Crippen LogP contribution in [-0.4, -0.2) is 23.1 Å². The number of carbonyl (C=O) groups excluding carboxylic acids is 1. The largest absolute Gasteiger partial charge is 0.481 e. The number of hydrogen-bond donors (Lipinski definition) is 2. The van der Waals surface area contributed by atoms with E-state index in [1.165, 1.54) is 0 Å². The fraction of sp³-hybridized carbons (Fsp3) is 0.176. The molecule has 0 bridgehead atoms. The Kier molecular flexibility index (Phi) is 5.27. The topological polar surface area (TPSA) is 89.6 Å². The molecule has 5 heteroatoms. The van der Waals surface area contributed by atoms with Gasteiger partial charge in [-0.15, -0.1) is 0 Å². The van der Waals surface area contributed by atoms with Crippen LogP contribution in [0.1, 0.15) is 23.7 Å². The number of ether oxygens (including phenoxy) is 1. The molecular formula is C17H17NO4. The Hall–Kier alpha value is -2.66. The Balaban J connectivity index is 2.23. The molecule has 0 aliphatic rings. The molecule has 0 amide bonds. The summed E-state index contributed by atoms with van der Waals surface area (Å²) < 4.78 is 5.46. The van der Waals surface area contributed by atoms with E-state index in [0.717, 1.165) is 11.1 Å². The predicted octanol–water partition coefficient (Wildman–Crippen LogP) is 2.12. The lowest BCUT2D eigenvalue weighted by Gasteiger charge is -2.20. The molecule has 0 saturated carbocycles. The summed E-state index contributed by atoms with van der Waals surface area (Å²) in [4.78, 5) is 22.7. The van der Waals surface area contributed by atoms with E-state index >= 15 is 0 Å². The molecule has 0 heterocycles. The van der Waals surface area contributed by atoms with Gasteiger partial charge in [0.15, 0.2) is 6.10 Å². The van der Waals surface area contributed by atoms with Crippen molar-refractivity contribution in [1.82, 2.24) is 0 Å². The summed E-state index contributed by atoms with van der Waals surface area (Å²) in [7, 11) is 0. The molecule has 0 spiro atoms. The van der Waals surface area contributed by atoms with Crippen molar-refractivity contribution < 1.29 is 19.4 Å². The number of esters is 1. The summed E-state index contributed by atoms with van der Waals surface area (Å²) in [5.41, 5.74) is 7.16. The van der Waals surface area contributed by atoms with Gasteiger partial charge in [0.25, 0.3) is 0 Å². The molecule has 2 aromatic rings. The van der Waals surface area contributed by atoms with Crippen molar-refractivity contribution in [2.75, 3.05) is 0 Å². The summed E-state index contributed by atoms with van der Waals surface area (Å²) in [6.07, 6.45) is -1.08. The first-order chi connectivity index (χ1) is 10.6. The van der Waals surface area contributed by atoms with E-state index < -0.39 is 30.5 Å². The SMILES string of the molecule is NC(CC(=O)O)C(=O)OC(c1ccccc1)c1ccccc1. The van der Waals surface area contributed by atoms with Gasteiger partial charge in [-0.05, 0) is 11.1 Å². The van der Waals surface area contributed by atoms with Gasteiger partial charge in [-0.2, -0.15) is 0 Å². The van der Waals surface area contributed by atoms with Gasteiger partial charge in [0, 0.05) is 0 Å². The monoisotopic (exact) mass is 299 g/mol. The number of rotatable bonds is 6. The number of carboxylic acid groups (broad SMARTS) is 1. The molecule has 22 heavy (non-hydrogen) atoms. The van der Waals surface area contributed by atoms with Crippen molar-refractivity contribution in [2.24, 2.45) is 5.73 Å². The first-order valence-corrected chi connectivity index (χ1v) is 6.85. The van der Waals surface area contributed by atoms with E-state index in [0.29, 0.717) is 0 Å². The van der Waals surface area contributed by atoms with Gasteiger partial charge in [0.05, 0.1) is 6.42 Å². The third-order valence-corrected chi connectivity index (χ3v) is 3.14. The lowest BCUT2D eigenvalue weighted by Crippen LogP contribution is -2.35. The quantitative estimate of drug-likeness (QED) is 0.797. The second-order valence-electron chi connectivity index (χ2n) is 4.84. The zero-order valence-corrected chi connectivity index (χ0v) is 11.9. The number of carboxylic acids is 1. The molecule has 0 saturated heterocycles. The van der Waals surface area contributed by atoms with E-state index in [9.17, 15) is 9.59 Å². The summed E-state index contributed by atoms with van der Waals surface area (Å²) in [6.45, 7) is 0. The maximum atomic E-state index is 12.0. The highest BCUT2D eigenvalue weighted by Crippen LogP contribution is 2.26. The third kappa shape index (κ3) is 4.17. The van der Waals surface area contributed by atoms with Gasteiger partial charge in [0.1, 0.15) is 6.04 Å². The van der Waals surface area contributed by atoms with Gasteiger partial charge < -0.3 is 15.6 Å². The van der Waals surface area contributed by atoms with Gasteiger partial charge in [-0.25, -0.2) is 0 Å².